The Hall–Kier alpha value is -2.18. The van der Waals surface area contributed by atoms with Crippen LogP contribution in [0.25, 0.3) is 0 Å². The van der Waals surface area contributed by atoms with E-state index in [2.05, 4.69) is 26.3 Å². The minimum Gasteiger partial charge on any atom is -0.387 e. The van der Waals surface area contributed by atoms with Gasteiger partial charge in [-0.05, 0) is 25.5 Å². The molecule has 2 N–H and O–H groups in total. The van der Waals surface area contributed by atoms with Crippen LogP contribution in [0, 0.1) is 13.8 Å². The summed E-state index contributed by atoms with van der Waals surface area (Å²) >= 11 is 0. The Bertz CT molecular complexity index is 666. The van der Waals surface area contributed by atoms with E-state index in [-0.39, 0.29) is 0 Å². The number of benzene rings is 1. The standard InChI is InChI=1S/C18H24N4O2/c1-13-9-14(2)11-15(10-13)16(23)12-20-17-3-4-19-18(21-17)22-5-7-24-8-6-22/h3-4,9-11,16,23H,5-8,12H2,1-2H3,(H,19,20,21). The molecule has 0 amide bonds. The Labute approximate surface area is 142 Å². The van der Waals surface area contributed by atoms with Crippen LogP contribution < -0.4 is 10.2 Å². The Balaban J connectivity index is 1.63. The molecule has 1 fully saturated rings. The number of aliphatic hydroxyl groups is 1. The number of hydrogen-bond acceptors (Lipinski definition) is 6. The highest BCUT2D eigenvalue weighted by Crippen LogP contribution is 2.18. The summed E-state index contributed by atoms with van der Waals surface area (Å²) in [7, 11) is 0. The molecule has 0 radical (unpaired) electrons. The first-order valence-corrected chi connectivity index (χ1v) is 8.28. The molecule has 1 unspecified atom stereocenters. The van der Waals surface area contributed by atoms with Gasteiger partial charge < -0.3 is 20.1 Å². The Morgan fingerprint density at radius 2 is 1.92 bits per heavy atom. The first kappa shape index (κ1) is 16.7. The molecule has 0 saturated carbocycles. The summed E-state index contributed by atoms with van der Waals surface area (Å²) in [6.07, 6.45) is 1.16. The van der Waals surface area contributed by atoms with Crippen molar-refractivity contribution >= 4 is 11.8 Å². The van der Waals surface area contributed by atoms with Gasteiger partial charge in [-0.3, -0.25) is 0 Å². The van der Waals surface area contributed by atoms with Crippen molar-refractivity contribution in [1.82, 2.24) is 9.97 Å². The van der Waals surface area contributed by atoms with Crippen molar-refractivity contribution < 1.29 is 9.84 Å². The molecule has 2 aromatic rings. The predicted octanol–water partition coefficient (Wildman–Crippen LogP) is 2.08. The van der Waals surface area contributed by atoms with Crippen LogP contribution in [0.1, 0.15) is 22.8 Å². The van der Waals surface area contributed by atoms with Crippen LogP contribution in [0.4, 0.5) is 11.8 Å². The lowest BCUT2D eigenvalue weighted by atomic mass is 10.0. The second-order valence-corrected chi connectivity index (χ2v) is 6.16. The lowest BCUT2D eigenvalue weighted by molar-refractivity contribution is 0.122. The van der Waals surface area contributed by atoms with E-state index in [1.54, 1.807) is 6.20 Å². The van der Waals surface area contributed by atoms with Gasteiger partial charge in [0.05, 0.1) is 19.3 Å². The van der Waals surface area contributed by atoms with Crippen molar-refractivity contribution in [3.63, 3.8) is 0 Å². The maximum Gasteiger partial charge on any atom is 0.227 e. The molecule has 1 aromatic carbocycles. The maximum atomic E-state index is 10.4. The van der Waals surface area contributed by atoms with Gasteiger partial charge in [-0.25, -0.2) is 4.98 Å². The molecule has 1 atom stereocenters. The molecule has 1 aliphatic rings. The first-order valence-electron chi connectivity index (χ1n) is 8.28. The van der Waals surface area contributed by atoms with E-state index in [1.165, 1.54) is 0 Å². The van der Waals surface area contributed by atoms with Crippen LogP contribution in [-0.4, -0.2) is 47.9 Å². The van der Waals surface area contributed by atoms with E-state index in [1.807, 2.05) is 32.0 Å². The highest BCUT2D eigenvalue weighted by Gasteiger charge is 2.14. The second kappa shape index (κ2) is 7.59. The zero-order valence-corrected chi connectivity index (χ0v) is 14.2. The second-order valence-electron chi connectivity index (χ2n) is 6.16. The SMILES string of the molecule is Cc1cc(C)cc(C(O)CNc2ccnc(N3CCOCC3)n2)c1. The molecule has 3 rings (SSSR count). The smallest absolute Gasteiger partial charge is 0.227 e. The fourth-order valence-electron chi connectivity index (χ4n) is 2.88. The number of morpholine rings is 1. The van der Waals surface area contributed by atoms with Crippen molar-refractivity contribution in [1.29, 1.82) is 0 Å². The van der Waals surface area contributed by atoms with Gasteiger partial charge >= 0.3 is 0 Å². The van der Waals surface area contributed by atoms with E-state index in [9.17, 15) is 5.11 Å². The minimum atomic E-state index is -0.578. The Morgan fingerprint density at radius 1 is 1.21 bits per heavy atom. The zero-order valence-electron chi connectivity index (χ0n) is 14.2. The van der Waals surface area contributed by atoms with Crippen LogP contribution in [0.3, 0.4) is 0 Å². The molecule has 0 spiro atoms. The van der Waals surface area contributed by atoms with Crippen LogP contribution in [0.15, 0.2) is 30.5 Å². The van der Waals surface area contributed by atoms with Crippen molar-refractivity contribution in [2.75, 3.05) is 43.1 Å². The third kappa shape index (κ3) is 4.21. The van der Waals surface area contributed by atoms with Crippen molar-refractivity contribution in [2.24, 2.45) is 0 Å². The van der Waals surface area contributed by atoms with E-state index in [0.29, 0.717) is 25.7 Å². The van der Waals surface area contributed by atoms with Crippen LogP contribution in [0.2, 0.25) is 0 Å². The number of anilines is 2. The Morgan fingerprint density at radius 3 is 2.62 bits per heavy atom. The lowest BCUT2D eigenvalue weighted by Gasteiger charge is -2.26. The molecule has 0 aliphatic carbocycles. The molecule has 6 nitrogen and oxygen atoms in total. The van der Waals surface area contributed by atoms with Gasteiger partial charge in [0.2, 0.25) is 5.95 Å². The number of nitrogens with zero attached hydrogens (tertiary/aromatic N) is 3. The number of aromatic nitrogens is 2. The molecule has 128 valence electrons. The van der Waals surface area contributed by atoms with Crippen molar-refractivity contribution in [2.45, 2.75) is 20.0 Å². The summed E-state index contributed by atoms with van der Waals surface area (Å²) in [6.45, 7) is 7.48. The highest BCUT2D eigenvalue weighted by atomic mass is 16.5. The topological polar surface area (TPSA) is 70.5 Å². The summed E-state index contributed by atoms with van der Waals surface area (Å²) in [5.41, 5.74) is 3.23. The molecule has 1 aromatic heterocycles. The third-order valence-corrected chi connectivity index (χ3v) is 4.04. The number of rotatable bonds is 5. The Kier molecular flexibility index (Phi) is 5.27. The molecule has 24 heavy (non-hydrogen) atoms. The monoisotopic (exact) mass is 328 g/mol. The molecular weight excluding hydrogens is 304 g/mol. The molecule has 6 heteroatoms. The summed E-state index contributed by atoms with van der Waals surface area (Å²) < 4.78 is 5.35. The average Bonchev–Trinajstić information content (AvgIpc) is 2.60. The molecule has 2 heterocycles. The lowest BCUT2D eigenvalue weighted by Crippen LogP contribution is -2.37. The van der Waals surface area contributed by atoms with Gasteiger partial charge in [0.15, 0.2) is 0 Å². The molecular formula is C18H24N4O2. The normalized spacial score (nSPS) is 16.0. The van der Waals surface area contributed by atoms with Crippen LogP contribution >= 0.6 is 0 Å². The largest absolute Gasteiger partial charge is 0.387 e. The van der Waals surface area contributed by atoms with Gasteiger partial charge in [-0.1, -0.05) is 29.3 Å². The van der Waals surface area contributed by atoms with Gasteiger partial charge in [-0.15, -0.1) is 0 Å². The zero-order chi connectivity index (χ0) is 16.9. The van der Waals surface area contributed by atoms with E-state index in [0.717, 1.165) is 35.6 Å². The molecule has 1 aliphatic heterocycles. The summed E-state index contributed by atoms with van der Waals surface area (Å²) in [6, 6.07) is 7.94. The van der Waals surface area contributed by atoms with Crippen molar-refractivity contribution in [3.8, 4) is 0 Å². The summed E-state index contributed by atoms with van der Waals surface area (Å²) in [5, 5.41) is 13.6. The number of hydrogen-bond donors (Lipinski definition) is 2. The van der Waals surface area contributed by atoms with E-state index in [4.69, 9.17) is 4.74 Å². The fraction of sp³-hybridized carbons (Fsp3) is 0.444. The van der Waals surface area contributed by atoms with Gasteiger partial charge in [0, 0.05) is 25.8 Å². The van der Waals surface area contributed by atoms with Gasteiger partial charge in [0.25, 0.3) is 0 Å². The fourth-order valence-corrected chi connectivity index (χ4v) is 2.88. The summed E-state index contributed by atoms with van der Waals surface area (Å²) in [5.74, 6) is 1.42. The predicted molar refractivity (Wildman–Crippen MR) is 94.4 cm³/mol. The van der Waals surface area contributed by atoms with E-state index < -0.39 is 6.10 Å². The van der Waals surface area contributed by atoms with Crippen LogP contribution in [-0.2, 0) is 4.74 Å². The minimum absolute atomic E-state index is 0.405. The molecule has 1 saturated heterocycles. The number of aliphatic hydroxyl groups excluding tert-OH is 1. The highest BCUT2D eigenvalue weighted by molar-refractivity contribution is 5.42. The van der Waals surface area contributed by atoms with E-state index >= 15 is 0 Å². The number of aryl methyl sites for hydroxylation is 2. The summed E-state index contributed by atoms with van der Waals surface area (Å²) in [4.78, 5) is 11.0. The van der Waals surface area contributed by atoms with Gasteiger partial charge in [0.1, 0.15) is 5.82 Å². The third-order valence-electron chi connectivity index (χ3n) is 4.04. The molecule has 0 bridgehead atoms. The van der Waals surface area contributed by atoms with Gasteiger partial charge in [-0.2, -0.15) is 4.98 Å². The van der Waals surface area contributed by atoms with Crippen molar-refractivity contribution in [3.05, 3.63) is 47.2 Å². The first-order chi connectivity index (χ1) is 11.6. The number of nitrogens with one attached hydrogen (secondary N) is 1. The number of ether oxygens (including phenoxy) is 1. The maximum absolute atomic E-state index is 10.4. The quantitative estimate of drug-likeness (QED) is 0.876. The van der Waals surface area contributed by atoms with Crippen LogP contribution in [0.5, 0.6) is 0 Å². The average molecular weight is 328 g/mol.